The molecule has 3 aromatic heterocycles. The van der Waals surface area contributed by atoms with Crippen LogP contribution in [0.15, 0.2) is 53.4 Å². The standard InChI is InChI=1S/C21H22N6O4/c1-21(2,29)18(12-7-5-4-6-8-12)25-20(28)24-15-9-13-16(19(30-3)27-26-13)17(23-15)14-10-22-11-31-14/h4-11,18,29H,1-3H3,(H,26,27)(H2,23,24,25,28). The quantitative estimate of drug-likeness (QED) is 0.374. The summed E-state index contributed by atoms with van der Waals surface area (Å²) in [5, 5.41) is 23.7. The van der Waals surface area contributed by atoms with Crippen LogP contribution in [-0.2, 0) is 0 Å². The number of H-pyrrole nitrogens is 1. The number of urea groups is 1. The molecule has 0 radical (unpaired) electrons. The van der Waals surface area contributed by atoms with Crippen molar-refractivity contribution in [2.75, 3.05) is 12.4 Å². The van der Waals surface area contributed by atoms with Gasteiger partial charge >= 0.3 is 6.03 Å². The van der Waals surface area contributed by atoms with Crippen LogP contribution in [0, 0.1) is 0 Å². The molecule has 3 heterocycles. The number of nitrogens with one attached hydrogen (secondary N) is 3. The van der Waals surface area contributed by atoms with Crippen molar-refractivity contribution in [2.45, 2.75) is 25.5 Å². The second-order valence-electron chi connectivity index (χ2n) is 7.47. The Hall–Kier alpha value is -3.92. The van der Waals surface area contributed by atoms with Gasteiger partial charge in [-0.25, -0.2) is 14.8 Å². The van der Waals surface area contributed by atoms with Crippen molar-refractivity contribution in [3.05, 3.63) is 54.6 Å². The van der Waals surface area contributed by atoms with E-state index in [4.69, 9.17) is 9.15 Å². The average Bonchev–Trinajstić information content (AvgIpc) is 3.41. The molecule has 0 saturated carbocycles. The molecule has 4 aromatic rings. The number of amides is 2. The first-order valence-corrected chi connectivity index (χ1v) is 9.53. The van der Waals surface area contributed by atoms with Crippen LogP contribution in [0.2, 0.25) is 0 Å². The fourth-order valence-electron chi connectivity index (χ4n) is 3.34. The molecule has 0 fully saturated rings. The van der Waals surface area contributed by atoms with E-state index in [2.05, 4.69) is 30.8 Å². The first-order chi connectivity index (χ1) is 14.9. The molecule has 0 aliphatic heterocycles. The predicted molar refractivity (Wildman–Crippen MR) is 114 cm³/mol. The minimum absolute atomic E-state index is 0.255. The lowest BCUT2D eigenvalue weighted by molar-refractivity contribution is 0.0415. The third-order valence-electron chi connectivity index (χ3n) is 4.73. The van der Waals surface area contributed by atoms with Crippen LogP contribution in [0.4, 0.5) is 10.6 Å². The van der Waals surface area contributed by atoms with Gasteiger partial charge in [-0.2, -0.15) is 0 Å². The Kier molecular flexibility index (Phi) is 5.30. The number of aliphatic hydroxyl groups is 1. The Bertz CT molecular complexity index is 1180. The fraction of sp³-hybridized carbons (Fsp3) is 0.238. The Morgan fingerprint density at radius 1 is 1.29 bits per heavy atom. The number of oxazole rings is 1. The summed E-state index contributed by atoms with van der Waals surface area (Å²) in [6.07, 6.45) is 2.80. The third-order valence-corrected chi connectivity index (χ3v) is 4.73. The molecule has 1 unspecified atom stereocenters. The Labute approximate surface area is 177 Å². The van der Waals surface area contributed by atoms with E-state index in [0.717, 1.165) is 5.56 Å². The second-order valence-corrected chi connectivity index (χ2v) is 7.47. The Morgan fingerprint density at radius 3 is 2.71 bits per heavy atom. The fourth-order valence-corrected chi connectivity index (χ4v) is 3.34. The van der Waals surface area contributed by atoms with E-state index in [9.17, 15) is 9.90 Å². The highest BCUT2D eigenvalue weighted by Crippen LogP contribution is 2.34. The molecule has 0 aliphatic carbocycles. The zero-order chi connectivity index (χ0) is 22.0. The van der Waals surface area contributed by atoms with Gasteiger partial charge in [-0.05, 0) is 19.4 Å². The third kappa shape index (κ3) is 4.19. The van der Waals surface area contributed by atoms with Crippen molar-refractivity contribution in [2.24, 2.45) is 0 Å². The number of aromatic amines is 1. The molecule has 1 atom stereocenters. The number of aromatic nitrogens is 4. The van der Waals surface area contributed by atoms with E-state index in [1.54, 1.807) is 19.9 Å². The zero-order valence-electron chi connectivity index (χ0n) is 17.2. The van der Waals surface area contributed by atoms with Crippen molar-refractivity contribution < 1.29 is 19.1 Å². The predicted octanol–water partition coefficient (Wildman–Crippen LogP) is 3.26. The summed E-state index contributed by atoms with van der Waals surface area (Å²) in [6.45, 7) is 3.27. The molecule has 10 nitrogen and oxygen atoms in total. The maximum absolute atomic E-state index is 12.8. The van der Waals surface area contributed by atoms with Crippen LogP contribution in [0.3, 0.4) is 0 Å². The lowest BCUT2D eigenvalue weighted by atomic mass is 9.92. The van der Waals surface area contributed by atoms with Crippen molar-refractivity contribution in [3.63, 3.8) is 0 Å². The molecule has 0 spiro atoms. The topological polar surface area (TPSA) is 138 Å². The van der Waals surface area contributed by atoms with E-state index >= 15 is 0 Å². The molecule has 160 valence electrons. The highest BCUT2D eigenvalue weighted by molar-refractivity contribution is 5.99. The summed E-state index contributed by atoms with van der Waals surface area (Å²) < 4.78 is 10.7. The van der Waals surface area contributed by atoms with Crippen LogP contribution in [0.25, 0.3) is 22.4 Å². The number of fused-ring (bicyclic) bond motifs is 1. The van der Waals surface area contributed by atoms with Gasteiger partial charge in [-0.3, -0.25) is 10.4 Å². The number of carbonyl (C=O) groups excluding carboxylic acids is 1. The number of hydrogen-bond acceptors (Lipinski definition) is 7. The number of nitrogens with zero attached hydrogens (tertiary/aromatic N) is 3. The molecule has 0 saturated heterocycles. The molecule has 4 N–H and O–H groups in total. The minimum atomic E-state index is -1.20. The van der Waals surface area contributed by atoms with Gasteiger partial charge in [0.25, 0.3) is 0 Å². The van der Waals surface area contributed by atoms with Crippen LogP contribution in [0.1, 0.15) is 25.5 Å². The van der Waals surface area contributed by atoms with E-state index in [1.165, 1.54) is 19.7 Å². The van der Waals surface area contributed by atoms with E-state index < -0.39 is 17.7 Å². The van der Waals surface area contributed by atoms with E-state index in [-0.39, 0.29) is 5.82 Å². The van der Waals surface area contributed by atoms with Crippen LogP contribution in [-0.4, -0.2) is 44.0 Å². The average molecular weight is 422 g/mol. The van der Waals surface area contributed by atoms with Crippen molar-refractivity contribution in [1.29, 1.82) is 0 Å². The van der Waals surface area contributed by atoms with Gasteiger partial charge in [0.15, 0.2) is 12.2 Å². The van der Waals surface area contributed by atoms with E-state index in [0.29, 0.717) is 28.2 Å². The van der Waals surface area contributed by atoms with Gasteiger partial charge in [0, 0.05) is 6.07 Å². The number of anilines is 1. The number of methoxy groups -OCH3 is 1. The molecule has 2 amide bonds. The Morgan fingerprint density at radius 2 is 2.06 bits per heavy atom. The molecule has 0 bridgehead atoms. The normalized spacial score (nSPS) is 12.5. The van der Waals surface area contributed by atoms with Crippen LogP contribution >= 0.6 is 0 Å². The first-order valence-electron chi connectivity index (χ1n) is 9.53. The second kappa shape index (κ2) is 8.07. The molecular weight excluding hydrogens is 400 g/mol. The summed E-state index contributed by atoms with van der Waals surface area (Å²) in [5.74, 6) is 0.994. The van der Waals surface area contributed by atoms with Gasteiger partial charge < -0.3 is 19.6 Å². The van der Waals surface area contributed by atoms with Gasteiger partial charge in [0.05, 0.1) is 35.9 Å². The lowest BCUT2D eigenvalue weighted by Crippen LogP contribution is -2.43. The summed E-state index contributed by atoms with van der Waals surface area (Å²) in [5.41, 5.74) is 0.584. The summed E-state index contributed by atoms with van der Waals surface area (Å²) >= 11 is 0. The maximum atomic E-state index is 12.8. The molecule has 1 aromatic carbocycles. The summed E-state index contributed by atoms with van der Waals surface area (Å²) in [7, 11) is 1.50. The van der Waals surface area contributed by atoms with Gasteiger partial charge in [-0.1, -0.05) is 30.3 Å². The van der Waals surface area contributed by atoms with Gasteiger partial charge in [0.1, 0.15) is 11.5 Å². The van der Waals surface area contributed by atoms with Gasteiger partial charge in [-0.15, -0.1) is 5.10 Å². The number of pyridine rings is 1. The number of carbonyl (C=O) groups is 1. The van der Waals surface area contributed by atoms with Crippen molar-refractivity contribution in [3.8, 4) is 17.3 Å². The zero-order valence-corrected chi connectivity index (χ0v) is 17.2. The van der Waals surface area contributed by atoms with Crippen LogP contribution in [0.5, 0.6) is 5.88 Å². The first kappa shape index (κ1) is 20.4. The van der Waals surface area contributed by atoms with Crippen molar-refractivity contribution in [1.82, 2.24) is 25.5 Å². The molecule has 31 heavy (non-hydrogen) atoms. The highest BCUT2D eigenvalue weighted by atomic mass is 16.5. The highest BCUT2D eigenvalue weighted by Gasteiger charge is 2.30. The lowest BCUT2D eigenvalue weighted by Gasteiger charge is -2.30. The number of ether oxygens (including phenoxy) is 1. The molecule has 4 rings (SSSR count). The minimum Gasteiger partial charge on any atom is -0.479 e. The molecule has 10 heteroatoms. The Balaban J connectivity index is 1.64. The number of hydrogen-bond donors (Lipinski definition) is 4. The smallest absolute Gasteiger partial charge is 0.320 e. The van der Waals surface area contributed by atoms with E-state index in [1.807, 2.05) is 30.3 Å². The SMILES string of the molecule is COc1n[nH]c2cc(NC(=O)NC(c3ccccc3)C(C)(C)O)nc(-c3cnco3)c12. The number of benzene rings is 1. The molecular formula is C21H22N6O4. The maximum Gasteiger partial charge on any atom is 0.320 e. The largest absolute Gasteiger partial charge is 0.479 e. The summed E-state index contributed by atoms with van der Waals surface area (Å²) in [6, 6.07) is 9.70. The molecule has 0 aliphatic rings. The number of rotatable bonds is 6. The van der Waals surface area contributed by atoms with Gasteiger partial charge in [0.2, 0.25) is 5.88 Å². The summed E-state index contributed by atoms with van der Waals surface area (Å²) in [4.78, 5) is 21.2. The van der Waals surface area contributed by atoms with Crippen molar-refractivity contribution >= 4 is 22.8 Å². The monoisotopic (exact) mass is 422 g/mol. The van der Waals surface area contributed by atoms with Crippen LogP contribution < -0.4 is 15.4 Å².